The van der Waals surface area contributed by atoms with Crippen LogP contribution in [-0.2, 0) is 9.68 Å². The number of hydrogen-bond donors (Lipinski definition) is 0. The van der Waals surface area contributed by atoms with Gasteiger partial charge in [-0.3, -0.25) is 0 Å². The van der Waals surface area contributed by atoms with E-state index in [-0.39, 0.29) is 0 Å². The Balaban J connectivity index is 0.000000112. The Labute approximate surface area is 65.8 Å². The SMILES string of the molecule is C1=NOCC1.CC1C=NOC1. The highest BCUT2D eigenvalue weighted by Gasteiger charge is 2.02. The van der Waals surface area contributed by atoms with E-state index in [0.29, 0.717) is 5.92 Å². The fraction of sp³-hybridized carbons (Fsp3) is 0.714. The van der Waals surface area contributed by atoms with Gasteiger partial charge in [0, 0.05) is 18.6 Å². The molecule has 0 aromatic carbocycles. The predicted octanol–water partition coefficient (Wildman–Crippen LogP) is 1.03. The molecule has 2 aliphatic heterocycles. The number of nitrogens with zero attached hydrogens (tertiary/aromatic N) is 2. The Morgan fingerprint density at radius 1 is 1.36 bits per heavy atom. The third kappa shape index (κ3) is 3.60. The molecule has 2 rings (SSSR count). The van der Waals surface area contributed by atoms with Gasteiger partial charge < -0.3 is 9.68 Å². The van der Waals surface area contributed by atoms with Crippen molar-refractivity contribution in [2.75, 3.05) is 13.2 Å². The van der Waals surface area contributed by atoms with E-state index in [1.807, 2.05) is 0 Å². The molecule has 0 aliphatic carbocycles. The molecular formula is C7H12N2O2. The lowest BCUT2D eigenvalue weighted by Crippen LogP contribution is -1.93. The second-order valence-corrected chi connectivity index (χ2v) is 2.44. The van der Waals surface area contributed by atoms with Crippen LogP contribution in [0.2, 0.25) is 0 Å². The second-order valence-electron chi connectivity index (χ2n) is 2.44. The molecule has 0 amide bonds. The van der Waals surface area contributed by atoms with Crippen LogP contribution in [0.15, 0.2) is 10.3 Å². The van der Waals surface area contributed by atoms with E-state index in [1.54, 1.807) is 12.4 Å². The predicted molar refractivity (Wildman–Crippen MR) is 42.7 cm³/mol. The van der Waals surface area contributed by atoms with Crippen molar-refractivity contribution < 1.29 is 9.68 Å². The van der Waals surface area contributed by atoms with Crippen LogP contribution in [-0.4, -0.2) is 25.6 Å². The summed E-state index contributed by atoms with van der Waals surface area (Å²) in [5.41, 5.74) is 0. The lowest BCUT2D eigenvalue weighted by molar-refractivity contribution is 0.158. The van der Waals surface area contributed by atoms with Crippen molar-refractivity contribution in [2.24, 2.45) is 16.2 Å². The van der Waals surface area contributed by atoms with Crippen molar-refractivity contribution in [1.29, 1.82) is 0 Å². The molecule has 0 spiro atoms. The van der Waals surface area contributed by atoms with Gasteiger partial charge in [-0.1, -0.05) is 17.2 Å². The average molecular weight is 156 g/mol. The fourth-order valence-corrected chi connectivity index (χ4v) is 0.614. The van der Waals surface area contributed by atoms with Crippen molar-refractivity contribution in [3.63, 3.8) is 0 Å². The van der Waals surface area contributed by atoms with Gasteiger partial charge in [-0.15, -0.1) is 0 Å². The van der Waals surface area contributed by atoms with E-state index in [9.17, 15) is 0 Å². The zero-order chi connectivity index (χ0) is 7.94. The number of oxime groups is 2. The molecule has 0 aromatic rings. The monoisotopic (exact) mass is 156 g/mol. The van der Waals surface area contributed by atoms with Crippen LogP contribution in [0.25, 0.3) is 0 Å². The summed E-state index contributed by atoms with van der Waals surface area (Å²) in [6.45, 7) is 3.61. The number of rotatable bonds is 0. The minimum absolute atomic E-state index is 0.532. The molecule has 0 N–H and O–H groups in total. The maximum Gasteiger partial charge on any atom is 0.124 e. The molecule has 0 fully saturated rings. The van der Waals surface area contributed by atoms with Crippen LogP contribution >= 0.6 is 0 Å². The molecule has 2 heterocycles. The first-order chi connectivity index (χ1) is 5.39. The third-order valence-corrected chi connectivity index (χ3v) is 1.21. The fourth-order valence-electron chi connectivity index (χ4n) is 0.614. The van der Waals surface area contributed by atoms with Gasteiger partial charge in [0.15, 0.2) is 0 Å². The van der Waals surface area contributed by atoms with Crippen LogP contribution in [0.3, 0.4) is 0 Å². The Hall–Kier alpha value is -1.06. The maximum absolute atomic E-state index is 4.63. The van der Waals surface area contributed by atoms with Crippen molar-refractivity contribution in [2.45, 2.75) is 13.3 Å². The van der Waals surface area contributed by atoms with Gasteiger partial charge in [-0.2, -0.15) is 0 Å². The molecule has 0 saturated carbocycles. The van der Waals surface area contributed by atoms with Gasteiger partial charge in [-0.05, 0) is 0 Å². The van der Waals surface area contributed by atoms with Gasteiger partial charge in [-0.25, -0.2) is 0 Å². The van der Waals surface area contributed by atoms with Gasteiger partial charge >= 0.3 is 0 Å². The third-order valence-electron chi connectivity index (χ3n) is 1.21. The smallest absolute Gasteiger partial charge is 0.124 e. The highest BCUT2D eigenvalue weighted by Crippen LogP contribution is 1.98. The molecule has 0 saturated heterocycles. The highest BCUT2D eigenvalue weighted by molar-refractivity contribution is 5.60. The first-order valence-corrected chi connectivity index (χ1v) is 3.69. The van der Waals surface area contributed by atoms with E-state index in [0.717, 1.165) is 19.6 Å². The second kappa shape index (κ2) is 4.71. The largest absolute Gasteiger partial charge is 0.396 e. The van der Waals surface area contributed by atoms with Crippen molar-refractivity contribution >= 4 is 12.4 Å². The van der Waals surface area contributed by atoms with Crippen LogP contribution in [0.1, 0.15) is 13.3 Å². The summed E-state index contributed by atoms with van der Waals surface area (Å²) in [6, 6.07) is 0. The van der Waals surface area contributed by atoms with Gasteiger partial charge in [0.25, 0.3) is 0 Å². The van der Waals surface area contributed by atoms with Crippen LogP contribution < -0.4 is 0 Å². The van der Waals surface area contributed by atoms with Crippen LogP contribution in [0.5, 0.6) is 0 Å². The van der Waals surface area contributed by atoms with Crippen LogP contribution in [0, 0.1) is 5.92 Å². The molecule has 4 heteroatoms. The Kier molecular flexibility index (Phi) is 3.44. The summed E-state index contributed by atoms with van der Waals surface area (Å²) in [4.78, 5) is 9.14. The highest BCUT2D eigenvalue weighted by atomic mass is 16.6. The molecule has 11 heavy (non-hydrogen) atoms. The zero-order valence-corrected chi connectivity index (χ0v) is 6.56. The van der Waals surface area contributed by atoms with E-state index in [2.05, 4.69) is 26.9 Å². The molecule has 62 valence electrons. The summed E-state index contributed by atoms with van der Waals surface area (Å²) in [6.07, 6.45) is 4.56. The van der Waals surface area contributed by atoms with Crippen LogP contribution in [0.4, 0.5) is 0 Å². The lowest BCUT2D eigenvalue weighted by atomic mass is 10.2. The molecule has 0 radical (unpaired) electrons. The lowest BCUT2D eigenvalue weighted by Gasteiger charge is -1.86. The average Bonchev–Trinajstić information content (AvgIpc) is 2.57. The summed E-state index contributed by atoms with van der Waals surface area (Å²) >= 11 is 0. The first kappa shape index (κ1) is 8.04. The minimum Gasteiger partial charge on any atom is -0.396 e. The topological polar surface area (TPSA) is 43.2 Å². The molecule has 4 nitrogen and oxygen atoms in total. The van der Waals surface area contributed by atoms with E-state index < -0.39 is 0 Å². The summed E-state index contributed by atoms with van der Waals surface area (Å²) in [5, 5.41) is 7.00. The summed E-state index contributed by atoms with van der Waals surface area (Å²) in [5.74, 6) is 0.532. The minimum atomic E-state index is 0.532. The standard InChI is InChI=1S/C4H7NO.C3H5NO/c1-4-2-5-6-3-4;1-2-4-5-3-1/h2,4H,3H2,1H3;2H,1,3H2. The Morgan fingerprint density at radius 2 is 2.27 bits per heavy atom. The van der Waals surface area contributed by atoms with Crippen molar-refractivity contribution in [3.05, 3.63) is 0 Å². The molecule has 0 aromatic heterocycles. The van der Waals surface area contributed by atoms with Crippen molar-refractivity contribution in [1.82, 2.24) is 0 Å². The molecule has 1 unspecified atom stereocenters. The van der Waals surface area contributed by atoms with E-state index in [4.69, 9.17) is 0 Å². The maximum atomic E-state index is 4.63. The normalized spacial score (nSPS) is 25.4. The Bertz CT molecular complexity index is 151. The van der Waals surface area contributed by atoms with Gasteiger partial charge in [0.05, 0.1) is 6.21 Å². The molecule has 1 atom stereocenters. The zero-order valence-electron chi connectivity index (χ0n) is 6.56. The van der Waals surface area contributed by atoms with Crippen molar-refractivity contribution in [3.8, 4) is 0 Å². The molecule has 2 aliphatic rings. The first-order valence-electron chi connectivity index (χ1n) is 3.69. The van der Waals surface area contributed by atoms with E-state index in [1.165, 1.54) is 0 Å². The van der Waals surface area contributed by atoms with Gasteiger partial charge in [0.1, 0.15) is 13.2 Å². The van der Waals surface area contributed by atoms with E-state index >= 15 is 0 Å². The molecule has 0 bridgehead atoms. The van der Waals surface area contributed by atoms with Gasteiger partial charge in [0.2, 0.25) is 0 Å². The molecular weight excluding hydrogens is 144 g/mol. The summed E-state index contributed by atoms with van der Waals surface area (Å²) < 4.78 is 0. The number of hydrogen-bond acceptors (Lipinski definition) is 4. The summed E-state index contributed by atoms with van der Waals surface area (Å²) in [7, 11) is 0. The Morgan fingerprint density at radius 3 is 2.45 bits per heavy atom. The quantitative estimate of drug-likeness (QED) is 0.525.